The van der Waals surface area contributed by atoms with Crippen molar-refractivity contribution in [3.8, 4) is 11.1 Å². The Labute approximate surface area is 129 Å². The van der Waals surface area contributed by atoms with Crippen LogP contribution in [0, 0.1) is 0 Å². The number of nitrogens with two attached hydrogens (primary N) is 1. The molecule has 22 heavy (non-hydrogen) atoms. The van der Waals surface area contributed by atoms with E-state index in [1.807, 2.05) is 12.1 Å². The van der Waals surface area contributed by atoms with Gasteiger partial charge in [0, 0.05) is 0 Å². The van der Waals surface area contributed by atoms with Crippen molar-refractivity contribution in [2.24, 2.45) is 0 Å². The smallest absolute Gasteiger partial charge is 0.153 e. The van der Waals surface area contributed by atoms with Crippen LogP contribution in [-0.4, -0.2) is 10.2 Å². The van der Waals surface area contributed by atoms with Crippen molar-refractivity contribution < 1.29 is 0 Å². The number of nitrogen functional groups attached to an aromatic ring is 1. The summed E-state index contributed by atoms with van der Waals surface area (Å²) in [6, 6.07) is 15.0. The zero-order valence-electron chi connectivity index (χ0n) is 12.5. The van der Waals surface area contributed by atoms with Gasteiger partial charge >= 0.3 is 0 Å². The van der Waals surface area contributed by atoms with Gasteiger partial charge in [-0.15, -0.1) is 0 Å². The summed E-state index contributed by atoms with van der Waals surface area (Å²) in [6.45, 7) is 0. The number of nitrogens with zero attached hydrogens (tertiary/aromatic N) is 1. The highest BCUT2D eigenvalue weighted by atomic mass is 15.1. The topological polar surface area (TPSA) is 54.7 Å². The minimum atomic E-state index is 0.560. The molecule has 0 fully saturated rings. The summed E-state index contributed by atoms with van der Waals surface area (Å²) >= 11 is 0. The number of nitrogens with one attached hydrogen (secondary N) is 1. The highest BCUT2D eigenvalue weighted by molar-refractivity contribution is 6.01. The average molecular weight is 289 g/mol. The molecule has 0 bridgehead atoms. The van der Waals surface area contributed by atoms with Crippen LogP contribution in [0.3, 0.4) is 0 Å². The Balaban J connectivity index is 1.76. The predicted molar refractivity (Wildman–Crippen MR) is 92.4 cm³/mol. The summed E-state index contributed by atoms with van der Waals surface area (Å²) in [5.41, 5.74) is 12.1. The zero-order chi connectivity index (χ0) is 14.9. The first-order chi connectivity index (χ1) is 10.8. The standard InChI is InChI=1S/C19H19N3/c20-19-18-16(7-4-8-17(18)21-22-19)15-11-9-14(10-12-15)13-5-2-1-3-6-13/h4-5,7-12H,1-3,6H2,(H3,20,21,22). The molecule has 110 valence electrons. The van der Waals surface area contributed by atoms with Gasteiger partial charge in [-0.25, -0.2) is 0 Å². The van der Waals surface area contributed by atoms with Crippen LogP contribution in [0.4, 0.5) is 5.82 Å². The van der Waals surface area contributed by atoms with Crippen molar-refractivity contribution >= 4 is 22.3 Å². The van der Waals surface area contributed by atoms with Crippen LogP contribution in [0.15, 0.2) is 48.5 Å². The van der Waals surface area contributed by atoms with Gasteiger partial charge in [-0.2, -0.15) is 5.10 Å². The molecule has 2 aromatic carbocycles. The van der Waals surface area contributed by atoms with Crippen molar-refractivity contribution in [3.05, 3.63) is 54.1 Å². The molecule has 1 heterocycles. The predicted octanol–water partition coefficient (Wildman–Crippen LogP) is 4.77. The van der Waals surface area contributed by atoms with Crippen molar-refractivity contribution in [2.75, 3.05) is 5.73 Å². The van der Waals surface area contributed by atoms with Crippen LogP contribution in [-0.2, 0) is 0 Å². The van der Waals surface area contributed by atoms with Crippen LogP contribution < -0.4 is 5.73 Å². The number of rotatable bonds is 2. The molecule has 0 amide bonds. The van der Waals surface area contributed by atoms with Gasteiger partial charge in [-0.1, -0.05) is 42.5 Å². The van der Waals surface area contributed by atoms with Gasteiger partial charge < -0.3 is 5.73 Å². The van der Waals surface area contributed by atoms with Gasteiger partial charge in [-0.05, 0) is 54.0 Å². The molecular weight excluding hydrogens is 270 g/mol. The van der Waals surface area contributed by atoms with Crippen molar-refractivity contribution in [1.29, 1.82) is 0 Å². The maximum absolute atomic E-state index is 6.01. The number of anilines is 1. The lowest BCUT2D eigenvalue weighted by Crippen LogP contribution is -1.92. The molecule has 0 spiro atoms. The molecular formula is C19H19N3. The van der Waals surface area contributed by atoms with E-state index in [-0.39, 0.29) is 0 Å². The lowest BCUT2D eigenvalue weighted by molar-refractivity contribution is 0.742. The molecule has 0 saturated carbocycles. The molecule has 0 unspecified atom stereocenters. The van der Waals surface area contributed by atoms with Gasteiger partial charge in [0.2, 0.25) is 0 Å². The van der Waals surface area contributed by atoms with E-state index in [9.17, 15) is 0 Å². The Bertz CT molecular complexity index is 841. The Kier molecular flexibility index (Phi) is 3.19. The van der Waals surface area contributed by atoms with Crippen LogP contribution in [0.5, 0.6) is 0 Å². The molecule has 0 saturated heterocycles. The number of allylic oxidation sites excluding steroid dienone is 2. The molecule has 1 aliphatic rings. The summed E-state index contributed by atoms with van der Waals surface area (Å²) < 4.78 is 0. The first kappa shape index (κ1) is 13.1. The quantitative estimate of drug-likeness (QED) is 0.714. The first-order valence-corrected chi connectivity index (χ1v) is 7.85. The van der Waals surface area contributed by atoms with E-state index in [0.29, 0.717) is 5.82 Å². The van der Waals surface area contributed by atoms with Crippen LogP contribution in [0.25, 0.3) is 27.6 Å². The highest BCUT2D eigenvalue weighted by Gasteiger charge is 2.10. The fraction of sp³-hybridized carbons (Fsp3) is 0.211. The lowest BCUT2D eigenvalue weighted by atomic mass is 9.92. The van der Waals surface area contributed by atoms with Gasteiger partial charge in [0.1, 0.15) is 0 Å². The van der Waals surface area contributed by atoms with Crippen LogP contribution in [0.2, 0.25) is 0 Å². The number of H-pyrrole nitrogens is 1. The summed E-state index contributed by atoms with van der Waals surface area (Å²) in [6.07, 6.45) is 7.42. The molecule has 3 N–H and O–H groups in total. The minimum absolute atomic E-state index is 0.560. The summed E-state index contributed by atoms with van der Waals surface area (Å²) in [4.78, 5) is 0. The number of aromatic nitrogens is 2. The molecule has 3 heteroatoms. The fourth-order valence-corrected chi connectivity index (χ4v) is 3.30. The Morgan fingerprint density at radius 1 is 0.955 bits per heavy atom. The first-order valence-electron chi connectivity index (χ1n) is 7.85. The average Bonchev–Trinajstić information content (AvgIpc) is 2.97. The fourth-order valence-electron chi connectivity index (χ4n) is 3.30. The van der Waals surface area contributed by atoms with E-state index in [2.05, 4.69) is 46.6 Å². The largest absolute Gasteiger partial charge is 0.382 e. The normalized spacial score (nSPS) is 15.0. The Morgan fingerprint density at radius 2 is 1.77 bits per heavy atom. The van der Waals surface area contributed by atoms with E-state index in [1.165, 1.54) is 42.4 Å². The number of hydrogen-bond acceptors (Lipinski definition) is 2. The number of fused-ring (bicyclic) bond motifs is 1. The van der Waals surface area contributed by atoms with Crippen LogP contribution in [0.1, 0.15) is 31.2 Å². The third-order valence-corrected chi connectivity index (χ3v) is 4.48. The monoisotopic (exact) mass is 289 g/mol. The van der Waals surface area contributed by atoms with E-state index in [0.717, 1.165) is 16.5 Å². The third-order valence-electron chi connectivity index (χ3n) is 4.48. The van der Waals surface area contributed by atoms with Crippen LogP contribution >= 0.6 is 0 Å². The molecule has 1 aliphatic carbocycles. The maximum Gasteiger partial charge on any atom is 0.153 e. The van der Waals surface area contributed by atoms with E-state index in [4.69, 9.17) is 5.73 Å². The molecule has 3 nitrogen and oxygen atoms in total. The summed E-state index contributed by atoms with van der Waals surface area (Å²) in [5, 5.41) is 8.10. The molecule has 0 aliphatic heterocycles. The van der Waals surface area contributed by atoms with E-state index in [1.54, 1.807) is 0 Å². The number of aromatic amines is 1. The third kappa shape index (κ3) is 2.19. The van der Waals surface area contributed by atoms with Gasteiger partial charge in [0.05, 0.1) is 10.9 Å². The second-order valence-corrected chi connectivity index (χ2v) is 5.89. The molecule has 0 radical (unpaired) electrons. The molecule has 1 aromatic heterocycles. The number of benzene rings is 2. The summed E-state index contributed by atoms with van der Waals surface area (Å²) in [5.74, 6) is 0.560. The Morgan fingerprint density at radius 3 is 2.55 bits per heavy atom. The molecule has 3 aromatic rings. The van der Waals surface area contributed by atoms with Gasteiger partial charge in [-0.3, -0.25) is 5.10 Å². The maximum atomic E-state index is 6.01. The van der Waals surface area contributed by atoms with Crippen molar-refractivity contribution in [3.63, 3.8) is 0 Å². The van der Waals surface area contributed by atoms with E-state index < -0.39 is 0 Å². The lowest BCUT2D eigenvalue weighted by Gasteiger charge is -2.13. The van der Waals surface area contributed by atoms with Gasteiger partial charge in [0.25, 0.3) is 0 Å². The minimum Gasteiger partial charge on any atom is -0.382 e. The highest BCUT2D eigenvalue weighted by Crippen LogP contribution is 2.33. The second kappa shape index (κ2) is 5.34. The SMILES string of the molecule is Nc1n[nH]c2cccc(-c3ccc(C4=CCCCC4)cc3)c12. The number of hydrogen-bond donors (Lipinski definition) is 2. The second-order valence-electron chi connectivity index (χ2n) is 5.89. The van der Waals surface area contributed by atoms with Gasteiger partial charge in [0.15, 0.2) is 5.82 Å². The molecule has 4 rings (SSSR count). The van der Waals surface area contributed by atoms with E-state index >= 15 is 0 Å². The Hall–Kier alpha value is -2.55. The zero-order valence-corrected chi connectivity index (χ0v) is 12.5. The molecule has 0 atom stereocenters. The summed E-state index contributed by atoms with van der Waals surface area (Å²) in [7, 11) is 0. The van der Waals surface area contributed by atoms with Crippen molar-refractivity contribution in [1.82, 2.24) is 10.2 Å². The van der Waals surface area contributed by atoms with Crippen molar-refractivity contribution in [2.45, 2.75) is 25.7 Å².